The van der Waals surface area contributed by atoms with Gasteiger partial charge in [0.2, 0.25) is 5.91 Å². The largest absolute Gasteiger partial charge is 0.378 e. The van der Waals surface area contributed by atoms with Gasteiger partial charge in [0, 0.05) is 19.7 Å². The van der Waals surface area contributed by atoms with Crippen LogP contribution in [-0.2, 0) is 16.0 Å². The van der Waals surface area contributed by atoms with Crippen LogP contribution >= 0.6 is 0 Å². The van der Waals surface area contributed by atoms with Crippen LogP contribution in [0.5, 0.6) is 0 Å². The highest BCUT2D eigenvalue weighted by atomic mass is 16.5. The van der Waals surface area contributed by atoms with Crippen molar-refractivity contribution in [3.8, 4) is 5.69 Å². The van der Waals surface area contributed by atoms with Crippen molar-refractivity contribution >= 4 is 5.91 Å². The number of carbonyl (C=O) groups excluding carboxylic acids is 1. The molecule has 1 aliphatic heterocycles. The van der Waals surface area contributed by atoms with Crippen molar-refractivity contribution < 1.29 is 9.53 Å². The Morgan fingerprint density at radius 2 is 2.08 bits per heavy atom. The van der Waals surface area contributed by atoms with E-state index in [1.165, 1.54) is 0 Å². The normalized spacial score (nSPS) is 18.1. The number of aromatic nitrogens is 4. The Bertz CT molecular complexity index is 657. The van der Waals surface area contributed by atoms with Crippen molar-refractivity contribution in [1.82, 2.24) is 25.1 Å². The van der Waals surface area contributed by atoms with Gasteiger partial charge in [-0.3, -0.25) is 4.79 Å². The first-order valence-corrected chi connectivity index (χ1v) is 8.98. The van der Waals surface area contributed by atoms with E-state index in [0.29, 0.717) is 12.5 Å². The van der Waals surface area contributed by atoms with Crippen LogP contribution in [0.4, 0.5) is 0 Å². The second kappa shape index (κ2) is 8.71. The zero-order chi connectivity index (χ0) is 17.5. The molecule has 0 unspecified atom stereocenters. The molecule has 0 bridgehead atoms. The second-order valence-electron chi connectivity index (χ2n) is 6.40. The van der Waals surface area contributed by atoms with Crippen LogP contribution in [-0.4, -0.2) is 56.8 Å². The van der Waals surface area contributed by atoms with Crippen LogP contribution in [0.1, 0.15) is 38.2 Å². The Balaban J connectivity index is 1.53. The first-order valence-electron chi connectivity index (χ1n) is 8.98. The Morgan fingerprint density at radius 1 is 1.24 bits per heavy atom. The standard InChI is InChI=1S/C18H25N5O2/c1-2-12-25-17-4-3-10-22(11-9-17)18(24)13-15-5-7-16(8-6-15)23-14-19-20-21-23/h5-8,14,17H,2-4,9-13H2,1H3/t17-/m0/s1. The third-order valence-corrected chi connectivity index (χ3v) is 4.49. The van der Waals surface area contributed by atoms with Crippen molar-refractivity contribution in [1.29, 1.82) is 0 Å². The molecule has 3 rings (SSSR count). The zero-order valence-electron chi connectivity index (χ0n) is 14.7. The van der Waals surface area contributed by atoms with Crippen LogP contribution < -0.4 is 0 Å². The lowest BCUT2D eigenvalue weighted by Gasteiger charge is -2.21. The van der Waals surface area contributed by atoms with E-state index in [2.05, 4.69) is 22.4 Å². The summed E-state index contributed by atoms with van der Waals surface area (Å²) in [7, 11) is 0. The fourth-order valence-corrected chi connectivity index (χ4v) is 3.10. The van der Waals surface area contributed by atoms with Crippen LogP contribution in [0.25, 0.3) is 5.69 Å². The van der Waals surface area contributed by atoms with E-state index in [9.17, 15) is 4.79 Å². The monoisotopic (exact) mass is 343 g/mol. The SMILES string of the molecule is CCCO[C@H]1CCCN(C(=O)Cc2ccc(-n3cnnn3)cc2)CC1. The summed E-state index contributed by atoms with van der Waals surface area (Å²) in [4.78, 5) is 14.6. The van der Waals surface area contributed by atoms with Gasteiger partial charge < -0.3 is 9.64 Å². The number of carbonyl (C=O) groups is 1. The topological polar surface area (TPSA) is 73.1 Å². The number of nitrogens with zero attached hydrogens (tertiary/aromatic N) is 5. The summed E-state index contributed by atoms with van der Waals surface area (Å²) < 4.78 is 7.44. The third-order valence-electron chi connectivity index (χ3n) is 4.49. The fourth-order valence-electron chi connectivity index (χ4n) is 3.10. The molecule has 0 radical (unpaired) electrons. The summed E-state index contributed by atoms with van der Waals surface area (Å²) in [6.45, 7) is 4.55. The van der Waals surface area contributed by atoms with Crippen molar-refractivity contribution in [3.05, 3.63) is 36.2 Å². The Kier molecular flexibility index (Phi) is 6.11. The van der Waals surface area contributed by atoms with E-state index in [1.54, 1.807) is 11.0 Å². The summed E-state index contributed by atoms with van der Waals surface area (Å²) in [5, 5.41) is 11.1. The first-order chi connectivity index (χ1) is 12.3. The molecule has 1 saturated heterocycles. The van der Waals surface area contributed by atoms with Gasteiger partial charge in [0.1, 0.15) is 6.33 Å². The molecule has 2 heterocycles. The Hall–Kier alpha value is -2.28. The number of hydrogen-bond acceptors (Lipinski definition) is 5. The average molecular weight is 343 g/mol. The predicted molar refractivity (Wildman–Crippen MR) is 93.3 cm³/mol. The minimum absolute atomic E-state index is 0.186. The number of likely N-dealkylation sites (tertiary alicyclic amines) is 1. The molecular weight excluding hydrogens is 318 g/mol. The molecule has 1 fully saturated rings. The second-order valence-corrected chi connectivity index (χ2v) is 6.40. The zero-order valence-corrected chi connectivity index (χ0v) is 14.7. The van der Waals surface area contributed by atoms with Crippen molar-refractivity contribution in [3.63, 3.8) is 0 Å². The molecule has 1 aromatic carbocycles. The van der Waals surface area contributed by atoms with Gasteiger partial charge in [-0.05, 0) is 53.8 Å². The number of amides is 1. The summed E-state index contributed by atoms with van der Waals surface area (Å²) in [5.41, 5.74) is 1.89. The van der Waals surface area contributed by atoms with Gasteiger partial charge in [-0.1, -0.05) is 19.1 Å². The first kappa shape index (κ1) is 17.5. The van der Waals surface area contributed by atoms with Gasteiger partial charge in [0.05, 0.1) is 18.2 Å². The summed E-state index contributed by atoms with van der Waals surface area (Å²) in [6.07, 6.45) is 6.31. The molecule has 2 aromatic rings. The molecule has 1 atom stereocenters. The minimum Gasteiger partial charge on any atom is -0.378 e. The average Bonchev–Trinajstić information content (AvgIpc) is 3.06. The molecular formula is C18H25N5O2. The van der Waals surface area contributed by atoms with E-state index < -0.39 is 0 Å². The molecule has 0 N–H and O–H groups in total. The van der Waals surface area contributed by atoms with Crippen molar-refractivity contribution in [2.75, 3.05) is 19.7 Å². The molecule has 134 valence electrons. The van der Waals surface area contributed by atoms with Crippen LogP contribution in [0.3, 0.4) is 0 Å². The number of rotatable bonds is 6. The van der Waals surface area contributed by atoms with Crippen LogP contribution in [0.15, 0.2) is 30.6 Å². The van der Waals surface area contributed by atoms with Crippen molar-refractivity contribution in [2.24, 2.45) is 0 Å². The smallest absolute Gasteiger partial charge is 0.226 e. The van der Waals surface area contributed by atoms with E-state index in [0.717, 1.165) is 56.6 Å². The van der Waals surface area contributed by atoms with E-state index in [-0.39, 0.29) is 5.91 Å². The molecule has 0 spiro atoms. The molecule has 7 nitrogen and oxygen atoms in total. The van der Waals surface area contributed by atoms with Gasteiger partial charge in [-0.2, -0.15) is 0 Å². The van der Waals surface area contributed by atoms with Crippen LogP contribution in [0.2, 0.25) is 0 Å². The predicted octanol–water partition coefficient (Wildman–Crippen LogP) is 2.01. The maximum absolute atomic E-state index is 12.6. The summed E-state index contributed by atoms with van der Waals surface area (Å²) in [6, 6.07) is 7.77. The minimum atomic E-state index is 0.186. The molecule has 1 amide bonds. The van der Waals surface area contributed by atoms with E-state index in [1.807, 2.05) is 29.2 Å². The van der Waals surface area contributed by atoms with Gasteiger partial charge in [-0.25, -0.2) is 4.68 Å². The highest BCUT2D eigenvalue weighted by molar-refractivity contribution is 5.78. The molecule has 0 aliphatic carbocycles. The highest BCUT2D eigenvalue weighted by Crippen LogP contribution is 2.16. The number of hydrogen-bond donors (Lipinski definition) is 0. The molecule has 25 heavy (non-hydrogen) atoms. The number of benzene rings is 1. The van der Waals surface area contributed by atoms with Crippen LogP contribution in [0, 0.1) is 0 Å². The lowest BCUT2D eigenvalue weighted by Crippen LogP contribution is -2.33. The van der Waals surface area contributed by atoms with Gasteiger partial charge in [0.15, 0.2) is 0 Å². The Morgan fingerprint density at radius 3 is 2.80 bits per heavy atom. The van der Waals surface area contributed by atoms with E-state index in [4.69, 9.17) is 4.74 Å². The lowest BCUT2D eigenvalue weighted by molar-refractivity contribution is -0.130. The maximum Gasteiger partial charge on any atom is 0.226 e. The van der Waals surface area contributed by atoms with Gasteiger partial charge in [-0.15, -0.1) is 5.10 Å². The lowest BCUT2D eigenvalue weighted by atomic mass is 10.1. The van der Waals surface area contributed by atoms with Gasteiger partial charge in [0.25, 0.3) is 0 Å². The quantitative estimate of drug-likeness (QED) is 0.802. The molecule has 7 heteroatoms. The molecule has 1 aliphatic rings. The molecule has 0 saturated carbocycles. The van der Waals surface area contributed by atoms with Crippen molar-refractivity contribution in [2.45, 2.75) is 45.1 Å². The number of ether oxygens (including phenoxy) is 1. The van der Waals surface area contributed by atoms with Gasteiger partial charge >= 0.3 is 0 Å². The molecule has 1 aromatic heterocycles. The third kappa shape index (κ3) is 4.85. The summed E-state index contributed by atoms with van der Waals surface area (Å²) >= 11 is 0. The summed E-state index contributed by atoms with van der Waals surface area (Å²) in [5.74, 6) is 0.186. The maximum atomic E-state index is 12.6. The van der Waals surface area contributed by atoms with E-state index >= 15 is 0 Å². The number of tetrazole rings is 1. The highest BCUT2D eigenvalue weighted by Gasteiger charge is 2.21. The fraction of sp³-hybridized carbons (Fsp3) is 0.556. The Labute approximate surface area is 148 Å².